The Morgan fingerprint density at radius 1 is 1.08 bits per heavy atom. The minimum atomic E-state index is -0.198. The van der Waals surface area contributed by atoms with Crippen LogP contribution in [0.5, 0.6) is 0 Å². The number of nitrogens with one attached hydrogen (secondary N) is 2. The quantitative estimate of drug-likeness (QED) is 0.278. The Morgan fingerprint density at radius 3 is 2.56 bits per heavy atom. The zero-order valence-corrected chi connectivity index (χ0v) is 22.4. The van der Waals surface area contributed by atoms with E-state index in [1.54, 1.807) is 12.1 Å². The lowest BCUT2D eigenvalue weighted by Crippen LogP contribution is -2.29. The number of hydrogen-bond donors (Lipinski definition) is 2. The molecule has 1 aliphatic carbocycles. The highest BCUT2D eigenvalue weighted by Crippen LogP contribution is 2.45. The zero-order valence-electron chi connectivity index (χ0n) is 20.1. The maximum absolute atomic E-state index is 12.8. The number of halogens is 2. The highest BCUT2D eigenvalue weighted by Gasteiger charge is 2.44. The van der Waals surface area contributed by atoms with E-state index < -0.39 is 0 Å². The van der Waals surface area contributed by atoms with Crippen molar-refractivity contribution in [3.05, 3.63) is 92.7 Å². The van der Waals surface area contributed by atoms with Crippen LogP contribution in [0.1, 0.15) is 47.1 Å². The maximum Gasteiger partial charge on any atom is 0.255 e. The molecule has 1 fully saturated rings. The first-order valence-electron chi connectivity index (χ1n) is 11.8. The number of hydrogen-bond acceptors (Lipinski definition) is 3. The fourth-order valence-electron chi connectivity index (χ4n) is 4.14. The van der Waals surface area contributed by atoms with Gasteiger partial charge in [-0.2, -0.15) is 0 Å². The maximum atomic E-state index is 12.8. The number of imidazole rings is 1. The summed E-state index contributed by atoms with van der Waals surface area (Å²) in [5.41, 5.74) is 4.68. The monoisotopic (exact) mass is 564 g/mol. The van der Waals surface area contributed by atoms with Gasteiger partial charge in [0.15, 0.2) is 0 Å². The van der Waals surface area contributed by atoms with Crippen LogP contribution in [0.2, 0.25) is 5.02 Å². The highest BCUT2D eigenvalue weighted by molar-refractivity contribution is 9.10. The van der Waals surface area contributed by atoms with Crippen LogP contribution in [-0.4, -0.2) is 21.4 Å². The summed E-state index contributed by atoms with van der Waals surface area (Å²) in [5, 5.41) is 6.61. The number of carbonyl (C=O) groups excluding carboxylic acids is 2. The number of nitrogens with zero attached hydrogens (tertiary/aromatic N) is 2. The predicted molar refractivity (Wildman–Crippen MR) is 146 cm³/mol. The number of fused-ring (bicyclic) bond motifs is 1. The molecule has 2 N–H and O–H groups in total. The number of aryl methyl sites for hydroxylation is 1. The second-order valence-electron chi connectivity index (χ2n) is 9.60. The number of rotatable bonds is 7. The van der Waals surface area contributed by atoms with Gasteiger partial charge in [0, 0.05) is 46.2 Å². The number of amides is 2. The van der Waals surface area contributed by atoms with Crippen molar-refractivity contribution in [1.29, 1.82) is 0 Å². The van der Waals surface area contributed by atoms with Crippen molar-refractivity contribution in [2.45, 2.75) is 32.7 Å². The second kappa shape index (κ2) is 9.71. The van der Waals surface area contributed by atoms with Gasteiger partial charge in [-0.1, -0.05) is 46.6 Å². The Hall–Kier alpha value is -3.16. The molecule has 0 spiro atoms. The largest absolute Gasteiger partial charge is 0.352 e. The van der Waals surface area contributed by atoms with Crippen LogP contribution in [0.4, 0.5) is 5.69 Å². The van der Waals surface area contributed by atoms with Gasteiger partial charge in [0.1, 0.15) is 5.82 Å². The van der Waals surface area contributed by atoms with Crippen molar-refractivity contribution < 1.29 is 9.59 Å². The van der Waals surface area contributed by atoms with Crippen LogP contribution in [0.15, 0.2) is 65.1 Å². The summed E-state index contributed by atoms with van der Waals surface area (Å²) in [6.07, 6.45) is 2.43. The van der Waals surface area contributed by atoms with E-state index in [0.717, 1.165) is 51.0 Å². The third-order valence-electron chi connectivity index (χ3n) is 6.80. The molecule has 0 radical (unpaired) electrons. The van der Waals surface area contributed by atoms with Crippen LogP contribution in [0.3, 0.4) is 0 Å². The Bertz CT molecular complexity index is 1480. The summed E-state index contributed by atoms with van der Waals surface area (Å²) in [5.74, 6) is 0.752. The average molecular weight is 566 g/mol. The Morgan fingerprint density at radius 2 is 1.83 bits per heavy atom. The minimum absolute atomic E-state index is 0.106. The molecule has 4 aromatic rings. The third-order valence-corrected chi connectivity index (χ3v) is 7.70. The molecule has 0 unspecified atom stereocenters. The van der Waals surface area contributed by atoms with Gasteiger partial charge in [-0.05, 0) is 72.5 Å². The van der Waals surface area contributed by atoms with Crippen molar-refractivity contribution in [3.63, 3.8) is 0 Å². The first-order valence-corrected chi connectivity index (χ1v) is 13.0. The van der Waals surface area contributed by atoms with Gasteiger partial charge in [-0.3, -0.25) is 9.59 Å². The molecule has 8 heteroatoms. The molecule has 1 aliphatic rings. The molecule has 5 rings (SSSR count). The van der Waals surface area contributed by atoms with Crippen molar-refractivity contribution >= 4 is 56.1 Å². The highest BCUT2D eigenvalue weighted by atomic mass is 79.9. The molecule has 3 aromatic carbocycles. The van der Waals surface area contributed by atoms with Gasteiger partial charge in [0.25, 0.3) is 5.91 Å². The van der Waals surface area contributed by atoms with Gasteiger partial charge >= 0.3 is 0 Å². The van der Waals surface area contributed by atoms with Crippen molar-refractivity contribution in [2.75, 3.05) is 5.32 Å². The molecule has 36 heavy (non-hydrogen) atoms. The molecule has 0 bridgehead atoms. The molecular formula is C28H26BrClN4O2. The summed E-state index contributed by atoms with van der Waals surface area (Å²) in [6, 6.07) is 18.8. The number of aromatic nitrogens is 2. The van der Waals surface area contributed by atoms with Crippen molar-refractivity contribution in [3.8, 4) is 0 Å². The fourth-order valence-corrected chi connectivity index (χ4v) is 4.59. The van der Waals surface area contributed by atoms with E-state index in [2.05, 4.69) is 26.6 Å². The molecule has 1 saturated carbocycles. The average Bonchev–Trinajstić information content (AvgIpc) is 3.55. The van der Waals surface area contributed by atoms with Gasteiger partial charge in [-0.15, -0.1) is 0 Å². The molecule has 0 saturated heterocycles. The first kappa shape index (κ1) is 24.5. The molecular weight excluding hydrogens is 540 g/mol. The van der Waals surface area contributed by atoms with Crippen molar-refractivity contribution in [2.24, 2.45) is 12.5 Å². The van der Waals surface area contributed by atoms with E-state index in [9.17, 15) is 9.59 Å². The molecule has 0 aliphatic heterocycles. The summed E-state index contributed by atoms with van der Waals surface area (Å²) < 4.78 is 2.97. The van der Waals surface area contributed by atoms with Gasteiger partial charge in [0.05, 0.1) is 11.0 Å². The van der Waals surface area contributed by atoms with Crippen LogP contribution >= 0.6 is 27.5 Å². The number of benzene rings is 3. The van der Waals surface area contributed by atoms with E-state index in [-0.39, 0.29) is 17.2 Å². The lowest BCUT2D eigenvalue weighted by Gasteiger charge is -2.12. The summed E-state index contributed by atoms with van der Waals surface area (Å²) in [7, 11) is 1.96. The van der Waals surface area contributed by atoms with Crippen LogP contribution in [-0.2, 0) is 24.8 Å². The number of carbonyl (C=O) groups is 2. The van der Waals surface area contributed by atoms with Crippen LogP contribution in [0, 0.1) is 5.41 Å². The van der Waals surface area contributed by atoms with Gasteiger partial charge in [0.2, 0.25) is 5.91 Å². The molecule has 6 nitrogen and oxygen atoms in total. The normalized spacial score (nSPS) is 14.0. The summed E-state index contributed by atoms with van der Waals surface area (Å²) >= 11 is 9.91. The minimum Gasteiger partial charge on any atom is -0.352 e. The van der Waals surface area contributed by atoms with E-state index in [1.807, 2.05) is 67.1 Å². The van der Waals surface area contributed by atoms with E-state index in [4.69, 9.17) is 16.6 Å². The zero-order chi connectivity index (χ0) is 25.4. The standard InChI is InChI=1S/C28H26BrClN4O2/c1-28(11-12-28)27(36)31-16-17-3-9-22(30)19(13-17)15-25-33-23-14-18(4-10-24(23)34(25)2)26(35)32-21-7-5-20(29)6-8-21/h3-10,13-14H,11-12,15-16H2,1-2H3,(H,31,36)(H,32,35). The number of anilines is 1. The van der Waals surface area contributed by atoms with Gasteiger partial charge < -0.3 is 15.2 Å². The Balaban J connectivity index is 1.33. The third kappa shape index (κ3) is 5.18. The fraction of sp³-hybridized carbons (Fsp3) is 0.250. The second-order valence-corrected chi connectivity index (χ2v) is 10.9. The van der Waals surface area contributed by atoms with E-state index in [0.29, 0.717) is 23.6 Å². The topological polar surface area (TPSA) is 76.0 Å². The van der Waals surface area contributed by atoms with Crippen LogP contribution < -0.4 is 10.6 Å². The molecule has 1 aromatic heterocycles. The summed E-state index contributed by atoms with van der Waals surface area (Å²) in [4.78, 5) is 29.9. The SMILES string of the molecule is Cn1c(Cc2cc(CNC(=O)C3(C)CC3)ccc2Cl)nc2cc(C(=O)Nc3ccc(Br)cc3)ccc21. The van der Waals surface area contributed by atoms with Crippen LogP contribution in [0.25, 0.3) is 11.0 Å². The molecule has 2 amide bonds. The lowest BCUT2D eigenvalue weighted by atomic mass is 10.1. The Kier molecular flexibility index (Phi) is 6.62. The molecule has 184 valence electrons. The Labute approximate surface area is 223 Å². The van der Waals surface area contributed by atoms with Gasteiger partial charge in [-0.25, -0.2) is 4.98 Å². The van der Waals surface area contributed by atoms with Crippen molar-refractivity contribution in [1.82, 2.24) is 14.9 Å². The molecule has 1 heterocycles. The predicted octanol–water partition coefficient (Wildman–Crippen LogP) is 6.25. The van der Waals surface area contributed by atoms with E-state index in [1.165, 1.54) is 0 Å². The molecule has 0 atom stereocenters. The smallest absolute Gasteiger partial charge is 0.255 e. The first-order chi connectivity index (χ1) is 17.2. The summed E-state index contributed by atoms with van der Waals surface area (Å²) in [6.45, 7) is 2.47. The van der Waals surface area contributed by atoms with E-state index >= 15 is 0 Å². The lowest BCUT2D eigenvalue weighted by molar-refractivity contribution is -0.125.